The number of carbonyl (C=O) groups excluding carboxylic acids is 3. The van der Waals surface area contributed by atoms with E-state index >= 15 is 0 Å². The fourth-order valence-corrected chi connectivity index (χ4v) is 5.53. The summed E-state index contributed by atoms with van der Waals surface area (Å²) in [7, 11) is 0. The summed E-state index contributed by atoms with van der Waals surface area (Å²) in [6.45, 7) is 6.25. The van der Waals surface area contributed by atoms with Crippen molar-refractivity contribution in [3.8, 4) is 0 Å². The van der Waals surface area contributed by atoms with E-state index in [-0.39, 0.29) is 31.6 Å². The zero-order valence-electron chi connectivity index (χ0n) is 34.3. The van der Waals surface area contributed by atoms with Gasteiger partial charge in [0.1, 0.15) is 13.2 Å². The van der Waals surface area contributed by atoms with Crippen LogP contribution < -0.4 is 0 Å². The number of hydrogen-bond donors (Lipinski definition) is 0. The lowest BCUT2D eigenvalue weighted by molar-refractivity contribution is -0.166. The van der Waals surface area contributed by atoms with Gasteiger partial charge in [-0.15, -0.1) is 0 Å². The van der Waals surface area contributed by atoms with Crippen LogP contribution >= 0.6 is 0 Å². The fourth-order valence-electron chi connectivity index (χ4n) is 5.53. The molecular formula is C47H78O6. The molecule has 0 aliphatic carbocycles. The molecule has 0 spiro atoms. The quantitative estimate of drug-likeness (QED) is 0.0273. The predicted molar refractivity (Wildman–Crippen MR) is 224 cm³/mol. The summed E-state index contributed by atoms with van der Waals surface area (Å²) in [5, 5.41) is 0. The molecule has 1 unspecified atom stereocenters. The lowest BCUT2D eigenvalue weighted by atomic mass is 10.1. The monoisotopic (exact) mass is 739 g/mol. The summed E-state index contributed by atoms with van der Waals surface area (Å²) < 4.78 is 16.5. The van der Waals surface area contributed by atoms with Crippen LogP contribution in [0.25, 0.3) is 0 Å². The molecule has 0 aliphatic rings. The first kappa shape index (κ1) is 49.9. The molecule has 53 heavy (non-hydrogen) atoms. The number of allylic oxidation sites excluding steroid dienone is 11. The summed E-state index contributed by atoms with van der Waals surface area (Å²) in [6.07, 6.45) is 50.6. The maximum absolute atomic E-state index is 12.7. The Hall–Kier alpha value is -3.15. The molecule has 0 aromatic carbocycles. The fraction of sp³-hybridized carbons (Fsp3) is 0.681. The minimum atomic E-state index is -0.820. The maximum Gasteiger partial charge on any atom is 0.309 e. The van der Waals surface area contributed by atoms with Crippen molar-refractivity contribution < 1.29 is 28.6 Å². The van der Waals surface area contributed by atoms with Crippen LogP contribution in [0, 0.1) is 0 Å². The summed E-state index contributed by atoms with van der Waals surface area (Å²) in [5.41, 5.74) is 0. The minimum Gasteiger partial charge on any atom is -0.462 e. The average molecular weight is 739 g/mol. The van der Waals surface area contributed by atoms with Gasteiger partial charge in [-0.3, -0.25) is 14.4 Å². The zero-order chi connectivity index (χ0) is 38.7. The van der Waals surface area contributed by atoms with Gasteiger partial charge in [-0.25, -0.2) is 0 Å². The third-order valence-electron chi connectivity index (χ3n) is 8.71. The smallest absolute Gasteiger partial charge is 0.309 e. The Morgan fingerprint density at radius 3 is 1.36 bits per heavy atom. The van der Waals surface area contributed by atoms with Gasteiger partial charge in [0, 0.05) is 12.8 Å². The standard InChI is InChI=1S/C47H78O6/c1-4-7-10-13-16-19-21-23-24-26-28-31-34-37-40-46(49)52-43-44(42-51-45(48)39-36-33-30-27-18-15-12-9-6-3)53-47(50)41-38-35-32-29-25-22-20-17-14-11-8-5-2/h8-9,11-12,17-18,20,24,26-27,33,36,44H,4-7,10,13-16,19,21-23,25,28-32,34-35,37-43H2,1-3H3/b11-8-,12-9-,20-17-,26-24-,27-18-,36-33-. The lowest BCUT2D eigenvalue weighted by Crippen LogP contribution is -2.30. The van der Waals surface area contributed by atoms with E-state index in [1.165, 1.54) is 44.9 Å². The van der Waals surface area contributed by atoms with Crippen molar-refractivity contribution in [1.82, 2.24) is 0 Å². The van der Waals surface area contributed by atoms with Crippen molar-refractivity contribution in [2.24, 2.45) is 0 Å². The molecule has 0 radical (unpaired) electrons. The van der Waals surface area contributed by atoms with Crippen LogP contribution in [0.5, 0.6) is 0 Å². The van der Waals surface area contributed by atoms with E-state index in [1.54, 1.807) is 6.08 Å². The molecule has 0 aromatic heterocycles. The van der Waals surface area contributed by atoms with Gasteiger partial charge in [0.15, 0.2) is 6.10 Å². The Kier molecular flexibility index (Phi) is 39.1. The van der Waals surface area contributed by atoms with E-state index in [4.69, 9.17) is 14.2 Å². The zero-order valence-corrected chi connectivity index (χ0v) is 34.3. The van der Waals surface area contributed by atoms with Crippen molar-refractivity contribution in [2.75, 3.05) is 13.2 Å². The maximum atomic E-state index is 12.7. The molecule has 0 heterocycles. The molecule has 1 atom stereocenters. The average Bonchev–Trinajstić information content (AvgIpc) is 3.15. The normalized spacial score (nSPS) is 12.7. The van der Waals surface area contributed by atoms with E-state index < -0.39 is 12.1 Å². The molecule has 0 amide bonds. The van der Waals surface area contributed by atoms with E-state index in [1.807, 2.05) is 6.08 Å². The highest BCUT2D eigenvalue weighted by atomic mass is 16.6. The number of ether oxygens (including phenoxy) is 3. The van der Waals surface area contributed by atoms with Crippen molar-refractivity contribution in [3.63, 3.8) is 0 Å². The Morgan fingerprint density at radius 1 is 0.415 bits per heavy atom. The van der Waals surface area contributed by atoms with Gasteiger partial charge in [-0.05, 0) is 83.5 Å². The second kappa shape index (κ2) is 41.6. The first-order valence-corrected chi connectivity index (χ1v) is 21.4. The highest BCUT2D eigenvalue weighted by Crippen LogP contribution is 2.12. The van der Waals surface area contributed by atoms with Gasteiger partial charge in [-0.1, -0.05) is 158 Å². The molecule has 0 saturated heterocycles. The highest BCUT2D eigenvalue weighted by molar-refractivity contribution is 5.72. The minimum absolute atomic E-state index is 0.117. The van der Waals surface area contributed by atoms with Crippen LogP contribution in [-0.2, 0) is 28.6 Å². The van der Waals surface area contributed by atoms with Gasteiger partial charge in [0.2, 0.25) is 0 Å². The Bertz CT molecular complexity index is 1030. The molecule has 6 nitrogen and oxygen atoms in total. The van der Waals surface area contributed by atoms with Crippen LogP contribution in [0.15, 0.2) is 72.9 Å². The third-order valence-corrected chi connectivity index (χ3v) is 8.71. The van der Waals surface area contributed by atoms with E-state index in [0.717, 1.165) is 103 Å². The molecule has 0 bridgehead atoms. The molecule has 302 valence electrons. The molecule has 0 N–H and O–H groups in total. The molecule has 0 rings (SSSR count). The Labute approximate surface area is 325 Å². The van der Waals surface area contributed by atoms with Crippen LogP contribution in [0.3, 0.4) is 0 Å². The molecule has 0 aromatic rings. The van der Waals surface area contributed by atoms with Crippen LogP contribution in [-0.4, -0.2) is 37.2 Å². The Balaban J connectivity index is 4.48. The lowest BCUT2D eigenvalue weighted by Gasteiger charge is -2.18. The van der Waals surface area contributed by atoms with Gasteiger partial charge < -0.3 is 14.2 Å². The van der Waals surface area contributed by atoms with Crippen LogP contribution in [0.2, 0.25) is 0 Å². The van der Waals surface area contributed by atoms with E-state index in [0.29, 0.717) is 12.8 Å². The number of hydrogen-bond acceptors (Lipinski definition) is 6. The molecule has 0 fully saturated rings. The van der Waals surface area contributed by atoms with Crippen molar-refractivity contribution in [3.05, 3.63) is 72.9 Å². The second-order valence-electron chi connectivity index (χ2n) is 13.8. The number of esters is 3. The van der Waals surface area contributed by atoms with E-state index in [2.05, 4.69) is 81.5 Å². The molecule has 0 aliphatic heterocycles. The molecule has 6 heteroatoms. The van der Waals surface area contributed by atoms with Gasteiger partial charge in [0.05, 0.1) is 6.42 Å². The largest absolute Gasteiger partial charge is 0.462 e. The summed E-state index contributed by atoms with van der Waals surface area (Å²) in [6, 6.07) is 0. The van der Waals surface area contributed by atoms with Crippen molar-refractivity contribution in [1.29, 1.82) is 0 Å². The number of carbonyl (C=O) groups is 3. The highest BCUT2D eigenvalue weighted by Gasteiger charge is 2.19. The Morgan fingerprint density at radius 2 is 0.811 bits per heavy atom. The topological polar surface area (TPSA) is 78.9 Å². The van der Waals surface area contributed by atoms with Crippen LogP contribution in [0.1, 0.15) is 188 Å². The molecule has 0 saturated carbocycles. The summed E-state index contributed by atoms with van der Waals surface area (Å²) >= 11 is 0. The predicted octanol–water partition coefficient (Wildman–Crippen LogP) is 13.5. The molecular weight excluding hydrogens is 661 g/mol. The van der Waals surface area contributed by atoms with Gasteiger partial charge >= 0.3 is 17.9 Å². The summed E-state index contributed by atoms with van der Waals surface area (Å²) in [5.74, 6) is -1.09. The van der Waals surface area contributed by atoms with Gasteiger partial charge in [0.25, 0.3) is 0 Å². The number of rotatable bonds is 37. The van der Waals surface area contributed by atoms with Gasteiger partial charge in [-0.2, -0.15) is 0 Å². The van der Waals surface area contributed by atoms with E-state index in [9.17, 15) is 14.4 Å². The number of unbranched alkanes of at least 4 members (excludes halogenated alkanes) is 15. The summed E-state index contributed by atoms with van der Waals surface area (Å²) in [4.78, 5) is 37.5. The van der Waals surface area contributed by atoms with Crippen LogP contribution in [0.4, 0.5) is 0 Å². The SMILES string of the molecule is CC/C=C\C/C=C\C/C=C\CC(=O)OCC(COC(=O)CCCCC/C=C\CCCCCCCCC)OC(=O)CCCCCCC/C=C\C/C=C\CC. The third kappa shape index (κ3) is 39.9. The van der Waals surface area contributed by atoms with Crippen molar-refractivity contribution in [2.45, 2.75) is 194 Å². The second-order valence-corrected chi connectivity index (χ2v) is 13.8. The first-order valence-electron chi connectivity index (χ1n) is 21.4. The van der Waals surface area contributed by atoms with Crippen molar-refractivity contribution >= 4 is 17.9 Å². The first-order chi connectivity index (χ1) is 26.0.